The summed E-state index contributed by atoms with van der Waals surface area (Å²) in [6, 6.07) is 2.90. The van der Waals surface area contributed by atoms with Crippen molar-refractivity contribution in [1.29, 1.82) is 0 Å². The standard InChI is InChI=1S/C15H22F2N2/c1-3-5-18-9-12-7-13(16)15(14(17)8-12)19-6-4-11(2)10-19/h7-8,11,18H,3-6,9-10H2,1-2H3. The second kappa shape index (κ2) is 6.33. The summed E-state index contributed by atoms with van der Waals surface area (Å²) in [5.41, 5.74) is 0.808. The van der Waals surface area contributed by atoms with Crippen LogP contribution in [0.25, 0.3) is 0 Å². The first-order valence-corrected chi connectivity index (χ1v) is 7.05. The SMILES string of the molecule is CCCNCc1cc(F)c(N2CCC(C)C2)c(F)c1. The van der Waals surface area contributed by atoms with Crippen molar-refractivity contribution < 1.29 is 8.78 Å². The Balaban J connectivity index is 2.13. The number of hydrogen-bond donors (Lipinski definition) is 1. The van der Waals surface area contributed by atoms with Crippen LogP contribution < -0.4 is 10.2 Å². The lowest BCUT2D eigenvalue weighted by Crippen LogP contribution is -2.22. The number of hydrogen-bond acceptors (Lipinski definition) is 2. The average molecular weight is 268 g/mol. The van der Waals surface area contributed by atoms with Gasteiger partial charge in [-0.2, -0.15) is 0 Å². The zero-order valence-corrected chi connectivity index (χ0v) is 11.7. The van der Waals surface area contributed by atoms with Crippen molar-refractivity contribution in [2.24, 2.45) is 5.92 Å². The van der Waals surface area contributed by atoms with Crippen LogP contribution in [0.15, 0.2) is 12.1 Å². The van der Waals surface area contributed by atoms with Crippen molar-refractivity contribution in [3.05, 3.63) is 29.3 Å². The summed E-state index contributed by atoms with van der Waals surface area (Å²) >= 11 is 0. The number of halogens is 2. The Morgan fingerprint density at radius 3 is 2.53 bits per heavy atom. The molecule has 0 aromatic heterocycles. The summed E-state index contributed by atoms with van der Waals surface area (Å²) in [5, 5.41) is 3.15. The molecule has 2 rings (SSSR count). The molecule has 1 aliphatic heterocycles. The molecule has 4 heteroatoms. The molecule has 106 valence electrons. The van der Waals surface area contributed by atoms with Gasteiger partial charge >= 0.3 is 0 Å². The number of nitrogens with zero attached hydrogens (tertiary/aromatic N) is 1. The summed E-state index contributed by atoms with van der Waals surface area (Å²) in [6.07, 6.45) is 2.01. The first-order valence-electron chi connectivity index (χ1n) is 7.05. The van der Waals surface area contributed by atoms with Gasteiger partial charge in [0.15, 0.2) is 0 Å². The van der Waals surface area contributed by atoms with Crippen LogP contribution in [0.4, 0.5) is 14.5 Å². The number of nitrogens with one attached hydrogen (secondary N) is 1. The van der Waals surface area contributed by atoms with Gasteiger partial charge in [-0.1, -0.05) is 13.8 Å². The van der Waals surface area contributed by atoms with E-state index in [4.69, 9.17) is 0 Å². The van der Waals surface area contributed by atoms with Gasteiger partial charge in [-0.25, -0.2) is 8.78 Å². The van der Waals surface area contributed by atoms with E-state index >= 15 is 0 Å². The van der Waals surface area contributed by atoms with Gasteiger partial charge < -0.3 is 10.2 Å². The van der Waals surface area contributed by atoms with Gasteiger partial charge in [-0.3, -0.25) is 0 Å². The molecule has 1 atom stereocenters. The van der Waals surface area contributed by atoms with Crippen LogP contribution in [-0.2, 0) is 6.54 Å². The van der Waals surface area contributed by atoms with Gasteiger partial charge in [0.2, 0.25) is 0 Å². The second-order valence-electron chi connectivity index (χ2n) is 5.42. The predicted octanol–water partition coefficient (Wildman–Crippen LogP) is 3.31. The molecule has 19 heavy (non-hydrogen) atoms. The third kappa shape index (κ3) is 3.44. The maximum atomic E-state index is 14.1. The second-order valence-corrected chi connectivity index (χ2v) is 5.42. The van der Waals surface area contributed by atoms with Crippen LogP contribution in [0.2, 0.25) is 0 Å². The van der Waals surface area contributed by atoms with E-state index < -0.39 is 11.6 Å². The minimum Gasteiger partial charge on any atom is -0.367 e. The topological polar surface area (TPSA) is 15.3 Å². The lowest BCUT2D eigenvalue weighted by atomic mass is 10.1. The highest BCUT2D eigenvalue weighted by Gasteiger charge is 2.24. The maximum absolute atomic E-state index is 14.1. The summed E-state index contributed by atoms with van der Waals surface area (Å²) in [6.45, 7) is 7.02. The Bertz CT molecular complexity index is 411. The Hall–Kier alpha value is -1.16. The van der Waals surface area contributed by atoms with Gasteiger partial charge in [0.05, 0.1) is 0 Å². The summed E-state index contributed by atoms with van der Waals surface area (Å²) in [7, 11) is 0. The quantitative estimate of drug-likeness (QED) is 0.824. The van der Waals surface area contributed by atoms with Crippen LogP contribution >= 0.6 is 0 Å². The van der Waals surface area contributed by atoms with Gasteiger partial charge in [0, 0.05) is 19.6 Å². The molecular weight excluding hydrogens is 246 g/mol. The molecule has 1 aromatic carbocycles. The first-order chi connectivity index (χ1) is 9.11. The Morgan fingerprint density at radius 2 is 2.00 bits per heavy atom. The number of anilines is 1. The highest BCUT2D eigenvalue weighted by molar-refractivity contribution is 5.51. The monoisotopic (exact) mass is 268 g/mol. The van der Waals surface area contributed by atoms with E-state index in [9.17, 15) is 8.78 Å². The van der Waals surface area contributed by atoms with E-state index in [0.29, 0.717) is 18.0 Å². The normalized spacial score (nSPS) is 19.2. The Kier molecular flexibility index (Phi) is 4.75. The molecule has 0 aliphatic carbocycles. The van der Waals surface area contributed by atoms with Crippen molar-refractivity contribution in [3.63, 3.8) is 0 Å². The molecule has 0 radical (unpaired) electrons. The van der Waals surface area contributed by atoms with Crippen molar-refractivity contribution in [1.82, 2.24) is 5.32 Å². The molecule has 0 bridgehead atoms. The predicted molar refractivity (Wildman–Crippen MR) is 74.3 cm³/mol. The lowest BCUT2D eigenvalue weighted by molar-refractivity contribution is 0.568. The first kappa shape index (κ1) is 14.3. The van der Waals surface area contributed by atoms with E-state index in [1.54, 1.807) is 0 Å². The fourth-order valence-corrected chi connectivity index (χ4v) is 2.57. The van der Waals surface area contributed by atoms with Crippen molar-refractivity contribution in [2.75, 3.05) is 24.5 Å². The highest BCUT2D eigenvalue weighted by atomic mass is 19.1. The van der Waals surface area contributed by atoms with E-state index in [1.807, 2.05) is 4.90 Å². The largest absolute Gasteiger partial charge is 0.367 e. The fraction of sp³-hybridized carbons (Fsp3) is 0.600. The number of rotatable bonds is 5. The van der Waals surface area contributed by atoms with Crippen molar-refractivity contribution in [2.45, 2.75) is 33.2 Å². The molecule has 1 unspecified atom stereocenters. The zero-order chi connectivity index (χ0) is 13.8. The molecule has 1 aliphatic rings. The molecule has 0 saturated carbocycles. The van der Waals surface area contributed by atoms with Crippen LogP contribution in [0, 0.1) is 17.6 Å². The molecule has 1 aromatic rings. The fourth-order valence-electron chi connectivity index (χ4n) is 2.57. The third-order valence-electron chi connectivity index (χ3n) is 3.57. The van der Waals surface area contributed by atoms with Crippen molar-refractivity contribution >= 4 is 5.69 Å². The lowest BCUT2D eigenvalue weighted by Gasteiger charge is -2.20. The molecule has 1 fully saturated rings. The molecular formula is C15H22F2N2. The zero-order valence-electron chi connectivity index (χ0n) is 11.7. The van der Waals surface area contributed by atoms with E-state index in [2.05, 4.69) is 19.2 Å². The van der Waals surface area contributed by atoms with Crippen LogP contribution in [-0.4, -0.2) is 19.6 Å². The molecule has 1 saturated heterocycles. The van der Waals surface area contributed by atoms with Crippen LogP contribution in [0.3, 0.4) is 0 Å². The van der Waals surface area contributed by atoms with E-state index in [1.165, 1.54) is 12.1 Å². The molecule has 1 heterocycles. The Morgan fingerprint density at radius 1 is 1.32 bits per heavy atom. The summed E-state index contributed by atoms with van der Waals surface area (Å²) in [5.74, 6) is -0.380. The van der Waals surface area contributed by atoms with E-state index in [0.717, 1.165) is 32.5 Å². The van der Waals surface area contributed by atoms with Gasteiger partial charge in [0.25, 0.3) is 0 Å². The minimum atomic E-state index is -0.442. The Labute approximate surface area is 113 Å². The van der Waals surface area contributed by atoms with E-state index in [-0.39, 0.29) is 5.69 Å². The minimum absolute atomic E-state index is 0.142. The molecule has 0 spiro atoms. The molecule has 1 N–H and O–H groups in total. The maximum Gasteiger partial charge on any atom is 0.149 e. The average Bonchev–Trinajstić information content (AvgIpc) is 2.75. The molecule has 0 amide bonds. The van der Waals surface area contributed by atoms with Gasteiger partial charge in [0.1, 0.15) is 17.3 Å². The number of benzene rings is 1. The highest BCUT2D eigenvalue weighted by Crippen LogP contribution is 2.29. The van der Waals surface area contributed by atoms with Crippen LogP contribution in [0.1, 0.15) is 32.3 Å². The third-order valence-corrected chi connectivity index (χ3v) is 3.57. The smallest absolute Gasteiger partial charge is 0.149 e. The van der Waals surface area contributed by atoms with Gasteiger partial charge in [-0.05, 0) is 43.0 Å². The summed E-state index contributed by atoms with van der Waals surface area (Å²) < 4.78 is 28.2. The molecule has 2 nitrogen and oxygen atoms in total. The van der Waals surface area contributed by atoms with Gasteiger partial charge in [-0.15, -0.1) is 0 Å². The summed E-state index contributed by atoms with van der Waals surface area (Å²) in [4.78, 5) is 1.82. The van der Waals surface area contributed by atoms with Crippen LogP contribution in [0.5, 0.6) is 0 Å². The van der Waals surface area contributed by atoms with Crippen molar-refractivity contribution in [3.8, 4) is 0 Å².